The van der Waals surface area contributed by atoms with Crippen molar-refractivity contribution in [2.24, 2.45) is 0 Å². The van der Waals surface area contributed by atoms with Crippen LogP contribution in [0.2, 0.25) is 0 Å². The van der Waals surface area contributed by atoms with Crippen molar-refractivity contribution in [2.45, 2.75) is 9.79 Å². The molecule has 4 aliphatic rings. The first kappa shape index (κ1) is 30.2. The normalized spacial score (nSPS) is 10.8. The van der Waals surface area contributed by atoms with Crippen LogP contribution < -0.4 is 59.1 Å². The number of hydrogen-bond donors (Lipinski definition) is 0. The van der Waals surface area contributed by atoms with E-state index < -0.39 is 20.2 Å². The molecular formula is C20H20Na2O7S2. The third kappa shape index (κ3) is 6.16. The van der Waals surface area contributed by atoms with Gasteiger partial charge in [-0.3, -0.25) is 0 Å². The van der Waals surface area contributed by atoms with Gasteiger partial charge in [0.05, 0.1) is 0 Å². The van der Waals surface area contributed by atoms with E-state index in [2.05, 4.69) is 0 Å². The summed E-state index contributed by atoms with van der Waals surface area (Å²) in [6, 6.07) is 23.0. The van der Waals surface area contributed by atoms with Gasteiger partial charge < -0.3 is 13.8 Å². The molecule has 0 saturated carbocycles. The molecule has 0 heterocycles. The van der Waals surface area contributed by atoms with Crippen molar-refractivity contribution in [1.82, 2.24) is 0 Å². The number of rotatable bonds is 4. The van der Waals surface area contributed by atoms with Crippen molar-refractivity contribution in [3.8, 4) is 22.3 Å². The minimum atomic E-state index is -4.53. The van der Waals surface area contributed by atoms with Gasteiger partial charge >= 0.3 is 79.4 Å². The maximum Gasteiger partial charge on any atom is 1.00 e. The van der Waals surface area contributed by atoms with Crippen LogP contribution in [0.1, 0.15) is 2.85 Å². The fourth-order valence-corrected chi connectivity index (χ4v) is 5.91. The molecule has 4 N–H and O–H groups in total. The molecular weight excluding hydrogens is 462 g/mol. The van der Waals surface area contributed by atoms with Crippen LogP contribution in [0.25, 0.3) is 22.3 Å². The fraction of sp³-hybridized carbons (Fsp3) is 0. The SMILES string of the molecule is O.O.O=S(=O)(OS(=O)(=O)c1ccc2cccccc1-2)c1ccc2cccccc1-2.[H-].[H-].[Na+].[Na+]. The van der Waals surface area contributed by atoms with Crippen LogP contribution in [0.3, 0.4) is 0 Å². The second-order valence-corrected chi connectivity index (χ2v) is 9.17. The Morgan fingerprint density at radius 1 is 0.516 bits per heavy atom. The van der Waals surface area contributed by atoms with Crippen LogP contribution in [-0.4, -0.2) is 27.8 Å². The smallest absolute Gasteiger partial charge is 1.00 e. The van der Waals surface area contributed by atoms with Crippen molar-refractivity contribution in [2.75, 3.05) is 0 Å². The van der Waals surface area contributed by atoms with E-state index in [0.29, 0.717) is 22.3 Å². The zero-order chi connectivity index (χ0) is 19.1. The van der Waals surface area contributed by atoms with Gasteiger partial charge in [0.1, 0.15) is 9.79 Å². The molecule has 11 heteroatoms. The Balaban J connectivity index is -0.00000150. The maximum atomic E-state index is 12.7. The van der Waals surface area contributed by atoms with Crippen LogP contribution in [0.4, 0.5) is 0 Å². The van der Waals surface area contributed by atoms with Gasteiger partial charge in [-0.1, -0.05) is 72.8 Å². The molecule has 0 atom stereocenters. The van der Waals surface area contributed by atoms with Crippen molar-refractivity contribution in [3.05, 3.63) is 84.9 Å². The first-order valence-electron chi connectivity index (χ1n) is 8.05. The van der Waals surface area contributed by atoms with Crippen molar-refractivity contribution < 1.29 is 93.4 Å². The Morgan fingerprint density at radius 2 is 0.871 bits per heavy atom. The summed E-state index contributed by atoms with van der Waals surface area (Å²) >= 11 is 0. The summed E-state index contributed by atoms with van der Waals surface area (Å²) in [6.07, 6.45) is 0. The van der Waals surface area contributed by atoms with Crippen molar-refractivity contribution in [1.29, 1.82) is 0 Å². The second kappa shape index (κ2) is 11.9. The summed E-state index contributed by atoms with van der Waals surface area (Å²) in [5.74, 6) is 0. The molecule has 0 amide bonds. The Bertz CT molecular complexity index is 1200. The predicted molar refractivity (Wildman–Crippen MR) is 111 cm³/mol. The van der Waals surface area contributed by atoms with Crippen LogP contribution in [0.5, 0.6) is 0 Å². The summed E-state index contributed by atoms with van der Waals surface area (Å²) in [5.41, 5.74) is 2.14. The first-order chi connectivity index (χ1) is 12.9. The predicted octanol–water partition coefficient (Wildman–Crippen LogP) is -3.43. The molecule has 31 heavy (non-hydrogen) atoms. The standard InChI is InChI=1S/C20H14O5S2.2Na.2H2O.2H/c21-26(22,19-13-11-15-7-3-1-5-9-17(15)19)25-27(23,24)20-14-12-16-8-4-2-6-10-18(16)20;;;;;;/h1-14H;;;2*1H2;;/q;2*+1;;;2*-1. The van der Waals surface area contributed by atoms with E-state index in [9.17, 15) is 16.8 Å². The summed E-state index contributed by atoms with van der Waals surface area (Å²) in [7, 11) is -9.06. The van der Waals surface area contributed by atoms with E-state index in [1.165, 1.54) is 12.1 Å². The van der Waals surface area contributed by atoms with Crippen molar-refractivity contribution in [3.63, 3.8) is 0 Å². The van der Waals surface area contributed by atoms with Crippen LogP contribution >= 0.6 is 0 Å². The Morgan fingerprint density at radius 3 is 1.26 bits per heavy atom. The van der Waals surface area contributed by atoms with Crippen molar-refractivity contribution >= 4 is 20.2 Å². The minimum Gasteiger partial charge on any atom is -1.00 e. The summed E-state index contributed by atoms with van der Waals surface area (Å²) in [4.78, 5) is -0.364. The average Bonchev–Trinajstić information content (AvgIpc) is 3.03. The van der Waals surface area contributed by atoms with Crippen LogP contribution in [0.15, 0.2) is 94.7 Å². The van der Waals surface area contributed by atoms with Gasteiger partial charge in [-0.15, -0.1) is 3.63 Å². The zero-order valence-electron chi connectivity index (χ0n) is 18.9. The molecule has 0 aromatic heterocycles. The number of hydrogen-bond acceptors (Lipinski definition) is 5. The number of fused-ring (bicyclic) bond motifs is 2. The molecule has 0 aliphatic heterocycles. The molecule has 4 aliphatic carbocycles. The Labute approximate surface area is 228 Å². The molecule has 156 valence electrons. The van der Waals surface area contributed by atoms with Gasteiger partial charge in [0.15, 0.2) is 0 Å². The molecule has 4 rings (SSSR count). The summed E-state index contributed by atoms with van der Waals surface area (Å²) < 4.78 is 55.6. The monoisotopic (exact) mass is 482 g/mol. The van der Waals surface area contributed by atoms with E-state index in [-0.39, 0.29) is 82.7 Å². The van der Waals surface area contributed by atoms with E-state index in [4.69, 9.17) is 3.63 Å². The molecule has 0 bridgehead atoms. The molecule has 0 fully saturated rings. The molecule has 0 unspecified atom stereocenters. The molecule has 0 spiro atoms. The molecule has 0 saturated heterocycles. The molecule has 0 aromatic rings. The second-order valence-electron chi connectivity index (χ2n) is 5.93. The first-order valence-corrected chi connectivity index (χ1v) is 10.9. The van der Waals surface area contributed by atoms with Gasteiger partial charge in [-0.2, -0.15) is 16.8 Å². The largest absolute Gasteiger partial charge is 1.00 e. The topological polar surface area (TPSA) is 141 Å². The van der Waals surface area contributed by atoms with E-state index >= 15 is 0 Å². The average molecular weight is 482 g/mol. The molecule has 7 nitrogen and oxygen atoms in total. The van der Waals surface area contributed by atoms with Gasteiger partial charge in [0, 0.05) is 11.1 Å². The van der Waals surface area contributed by atoms with Gasteiger partial charge in [-0.25, -0.2) is 0 Å². The van der Waals surface area contributed by atoms with Gasteiger partial charge in [0.25, 0.3) is 0 Å². The Hall–Kier alpha value is -0.820. The van der Waals surface area contributed by atoms with Crippen LogP contribution in [0, 0.1) is 0 Å². The fourth-order valence-electron chi connectivity index (χ4n) is 3.00. The Kier molecular flexibility index (Phi) is 11.6. The quantitative estimate of drug-likeness (QED) is 0.279. The maximum absolute atomic E-state index is 12.7. The van der Waals surface area contributed by atoms with Gasteiger partial charge in [-0.05, 0) is 23.3 Å². The summed E-state index contributed by atoms with van der Waals surface area (Å²) in [5, 5.41) is 0. The van der Waals surface area contributed by atoms with E-state index in [0.717, 1.165) is 0 Å². The third-order valence-electron chi connectivity index (χ3n) is 4.22. The minimum absolute atomic E-state index is 0. The zero-order valence-corrected chi connectivity index (χ0v) is 22.6. The van der Waals surface area contributed by atoms with E-state index in [1.54, 1.807) is 72.8 Å². The van der Waals surface area contributed by atoms with E-state index in [1.807, 2.05) is 0 Å². The molecule has 0 radical (unpaired) electrons. The van der Waals surface area contributed by atoms with Crippen LogP contribution in [-0.2, 0) is 23.9 Å². The third-order valence-corrected chi connectivity index (χ3v) is 7.44. The molecule has 0 aromatic carbocycles. The summed E-state index contributed by atoms with van der Waals surface area (Å²) in [6.45, 7) is 0. The van der Waals surface area contributed by atoms with Gasteiger partial charge in [0.2, 0.25) is 0 Å².